The van der Waals surface area contributed by atoms with E-state index in [0.29, 0.717) is 33.4 Å². The van der Waals surface area contributed by atoms with Crippen molar-refractivity contribution in [2.24, 2.45) is 5.73 Å². The summed E-state index contributed by atoms with van der Waals surface area (Å²) >= 11 is 6.35. The van der Waals surface area contributed by atoms with Crippen LogP contribution in [0.1, 0.15) is 30.5 Å². The van der Waals surface area contributed by atoms with Crippen molar-refractivity contribution in [1.29, 1.82) is 0 Å². The number of nitrogens with zero attached hydrogens (tertiary/aromatic N) is 3. The zero-order valence-corrected chi connectivity index (χ0v) is 15.9. The summed E-state index contributed by atoms with van der Waals surface area (Å²) < 4.78 is 14.2. The van der Waals surface area contributed by atoms with Crippen LogP contribution in [0.25, 0.3) is 17.0 Å². The van der Waals surface area contributed by atoms with Crippen LogP contribution in [-0.2, 0) is 5.54 Å². The van der Waals surface area contributed by atoms with E-state index in [1.807, 2.05) is 12.1 Å². The van der Waals surface area contributed by atoms with Crippen molar-refractivity contribution in [2.45, 2.75) is 24.8 Å². The van der Waals surface area contributed by atoms with Gasteiger partial charge in [0.05, 0.1) is 21.9 Å². The normalized spacial score (nSPS) is 14.9. The second-order valence-electron chi connectivity index (χ2n) is 6.92. The molecule has 28 heavy (non-hydrogen) atoms. The van der Waals surface area contributed by atoms with E-state index in [-0.39, 0.29) is 5.54 Å². The van der Waals surface area contributed by atoms with E-state index >= 15 is 0 Å². The topological polar surface area (TPSA) is 76.7 Å². The maximum atomic E-state index is 14.2. The molecule has 0 aliphatic heterocycles. The molecule has 4 rings (SSSR count). The molecule has 1 aromatic carbocycles. The first-order chi connectivity index (χ1) is 13.5. The average molecular weight is 396 g/mol. The molecule has 0 saturated heterocycles. The number of halogens is 2. The van der Waals surface area contributed by atoms with Crippen LogP contribution in [0.2, 0.25) is 5.02 Å². The number of rotatable bonds is 5. The van der Waals surface area contributed by atoms with Gasteiger partial charge in [0, 0.05) is 17.5 Å². The lowest BCUT2D eigenvalue weighted by Crippen LogP contribution is -2.43. The molecular formula is C21H19ClFN5. The van der Waals surface area contributed by atoms with Crippen LogP contribution in [0.3, 0.4) is 0 Å². The Morgan fingerprint density at radius 2 is 2.00 bits per heavy atom. The molecule has 0 amide bonds. The van der Waals surface area contributed by atoms with Gasteiger partial charge in [-0.1, -0.05) is 18.2 Å². The van der Waals surface area contributed by atoms with E-state index in [1.165, 1.54) is 6.07 Å². The third-order valence-electron chi connectivity index (χ3n) is 5.06. The minimum absolute atomic E-state index is 0.328. The summed E-state index contributed by atoms with van der Waals surface area (Å²) in [5.41, 5.74) is 7.95. The first-order valence-corrected chi connectivity index (χ1v) is 9.34. The SMILES string of the molecule is C=C(N)c1ccc(F)c(-c2ccc(NC3(c4ncccc4Cl)CCC3)nn2)c1. The quantitative estimate of drug-likeness (QED) is 0.651. The number of hydrogen-bond donors (Lipinski definition) is 2. The first kappa shape index (κ1) is 18.4. The zero-order valence-electron chi connectivity index (χ0n) is 15.1. The Kier molecular flexibility index (Phi) is 4.73. The fourth-order valence-electron chi connectivity index (χ4n) is 3.40. The molecule has 2 heterocycles. The number of anilines is 1. The Balaban J connectivity index is 1.62. The fraction of sp³-hybridized carbons (Fsp3) is 0.190. The summed E-state index contributed by atoms with van der Waals surface area (Å²) in [6.45, 7) is 3.69. The van der Waals surface area contributed by atoms with Gasteiger partial charge in [0.15, 0.2) is 0 Å². The van der Waals surface area contributed by atoms with E-state index in [2.05, 4.69) is 27.1 Å². The van der Waals surface area contributed by atoms with Gasteiger partial charge in [-0.2, -0.15) is 0 Å². The van der Waals surface area contributed by atoms with Crippen LogP contribution in [0.5, 0.6) is 0 Å². The van der Waals surface area contributed by atoms with Crippen molar-refractivity contribution >= 4 is 23.1 Å². The van der Waals surface area contributed by atoms with Crippen molar-refractivity contribution < 1.29 is 4.39 Å². The molecule has 0 radical (unpaired) electrons. The van der Waals surface area contributed by atoms with Crippen LogP contribution in [-0.4, -0.2) is 15.2 Å². The van der Waals surface area contributed by atoms with Crippen molar-refractivity contribution in [3.8, 4) is 11.3 Å². The van der Waals surface area contributed by atoms with Crippen LogP contribution in [0.15, 0.2) is 55.2 Å². The van der Waals surface area contributed by atoms with Gasteiger partial charge in [-0.05, 0) is 67.3 Å². The summed E-state index contributed by atoms with van der Waals surface area (Å²) in [5, 5.41) is 12.5. The number of nitrogens with two attached hydrogens (primary N) is 1. The van der Waals surface area contributed by atoms with Gasteiger partial charge in [-0.25, -0.2) is 4.39 Å². The summed E-state index contributed by atoms with van der Waals surface area (Å²) in [6.07, 6.45) is 4.62. The van der Waals surface area contributed by atoms with Gasteiger partial charge in [-0.15, -0.1) is 10.2 Å². The van der Waals surface area contributed by atoms with Crippen molar-refractivity contribution in [3.05, 3.63) is 77.3 Å². The minimum Gasteiger partial charge on any atom is -0.399 e. The third kappa shape index (κ3) is 3.31. The van der Waals surface area contributed by atoms with Gasteiger partial charge in [0.25, 0.3) is 0 Å². The molecule has 1 aliphatic rings. The molecule has 0 bridgehead atoms. The standard InChI is InChI=1S/C21H19ClFN5/c1-13(24)14-5-6-17(23)15(12-14)18-7-8-19(28-27-18)26-21(9-3-10-21)20-16(22)4-2-11-25-20/h2,4-8,11-12H,1,3,9-10,24H2,(H,26,28). The monoisotopic (exact) mass is 395 g/mol. The lowest BCUT2D eigenvalue weighted by Gasteiger charge is -2.42. The van der Waals surface area contributed by atoms with E-state index in [4.69, 9.17) is 17.3 Å². The van der Waals surface area contributed by atoms with Gasteiger partial charge in [0.1, 0.15) is 11.6 Å². The average Bonchev–Trinajstić information content (AvgIpc) is 2.66. The van der Waals surface area contributed by atoms with E-state index in [9.17, 15) is 4.39 Å². The van der Waals surface area contributed by atoms with Crippen LogP contribution in [0.4, 0.5) is 10.2 Å². The Labute approximate surface area is 167 Å². The number of pyridine rings is 1. The van der Waals surface area contributed by atoms with Crippen molar-refractivity contribution in [3.63, 3.8) is 0 Å². The fourth-order valence-corrected chi connectivity index (χ4v) is 3.70. The molecule has 3 aromatic rings. The first-order valence-electron chi connectivity index (χ1n) is 8.96. The number of hydrogen-bond acceptors (Lipinski definition) is 5. The molecule has 142 valence electrons. The highest BCUT2D eigenvalue weighted by atomic mass is 35.5. The van der Waals surface area contributed by atoms with Gasteiger partial charge in [0.2, 0.25) is 0 Å². The van der Waals surface area contributed by atoms with Gasteiger partial charge in [-0.3, -0.25) is 4.98 Å². The number of benzene rings is 1. The second-order valence-corrected chi connectivity index (χ2v) is 7.33. The Morgan fingerprint density at radius 1 is 1.18 bits per heavy atom. The van der Waals surface area contributed by atoms with Crippen molar-refractivity contribution in [1.82, 2.24) is 15.2 Å². The smallest absolute Gasteiger partial charge is 0.149 e. The van der Waals surface area contributed by atoms with Crippen LogP contribution < -0.4 is 11.1 Å². The molecule has 3 N–H and O–H groups in total. The molecule has 7 heteroatoms. The predicted molar refractivity (Wildman–Crippen MR) is 109 cm³/mol. The highest BCUT2D eigenvalue weighted by molar-refractivity contribution is 6.31. The molecule has 0 spiro atoms. The van der Waals surface area contributed by atoms with Crippen LogP contribution in [0, 0.1) is 5.82 Å². The van der Waals surface area contributed by atoms with Crippen molar-refractivity contribution in [2.75, 3.05) is 5.32 Å². The molecular weight excluding hydrogens is 377 g/mol. The molecule has 2 aromatic heterocycles. The number of aromatic nitrogens is 3. The number of nitrogens with one attached hydrogen (secondary N) is 1. The zero-order chi connectivity index (χ0) is 19.7. The molecule has 0 unspecified atom stereocenters. The predicted octanol–water partition coefficient (Wildman–Crippen LogP) is 4.75. The summed E-state index contributed by atoms with van der Waals surface area (Å²) in [5.74, 6) is 0.195. The lowest BCUT2D eigenvalue weighted by molar-refractivity contribution is 0.276. The van der Waals surface area contributed by atoms with Crippen LogP contribution >= 0.6 is 11.6 Å². The third-order valence-corrected chi connectivity index (χ3v) is 5.37. The van der Waals surface area contributed by atoms with E-state index in [1.54, 1.807) is 30.5 Å². The summed E-state index contributed by atoms with van der Waals surface area (Å²) in [6, 6.07) is 11.7. The Bertz CT molecular complexity index is 1030. The van der Waals surface area contributed by atoms with Gasteiger partial charge < -0.3 is 11.1 Å². The van der Waals surface area contributed by atoms with E-state index < -0.39 is 5.82 Å². The molecule has 5 nitrogen and oxygen atoms in total. The Hall–Kier alpha value is -2.99. The summed E-state index contributed by atoms with van der Waals surface area (Å²) in [7, 11) is 0. The molecule has 1 fully saturated rings. The Morgan fingerprint density at radius 3 is 2.61 bits per heavy atom. The maximum absolute atomic E-state index is 14.2. The highest BCUT2D eigenvalue weighted by Crippen LogP contribution is 2.45. The van der Waals surface area contributed by atoms with E-state index in [0.717, 1.165) is 25.0 Å². The molecule has 1 saturated carbocycles. The molecule has 1 aliphatic carbocycles. The lowest BCUT2D eigenvalue weighted by atomic mass is 9.74. The second kappa shape index (κ2) is 7.20. The largest absolute Gasteiger partial charge is 0.399 e. The summed E-state index contributed by atoms with van der Waals surface area (Å²) in [4.78, 5) is 4.46. The van der Waals surface area contributed by atoms with Gasteiger partial charge >= 0.3 is 0 Å². The minimum atomic E-state index is -0.393. The molecule has 0 atom stereocenters. The highest BCUT2D eigenvalue weighted by Gasteiger charge is 2.41. The maximum Gasteiger partial charge on any atom is 0.149 e.